The lowest BCUT2D eigenvalue weighted by Gasteiger charge is -2.11. The zero-order valence-corrected chi connectivity index (χ0v) is 13.6. The van der Waals surface area contributed by atoms with Gasteiger partial charge in [0.25, 0.3) is 0 Å². The zero-order chi connectivity index (χ0) is 16.7. The normalized spacial score (nSPS) is 14.2. The van der Waals surface area contributed by atoms with Crippen molar-refractivity contribution in [3.05, 3.63) is 47.1 Å². The second kappa shape index (κ2) is 5.57. The van der Waals surface area contributed by atoms with Gasteiger partial charge in [0, 0.05) is 24.6 Å². The first-order valence-corrected chi connectivity index (χ1v) is 7.70. The Bertz CT molecular complexity index is 981. The summed E-state index contributed by atoms with van der Waals surface area (Å²) in [6.07, 6.45) is 5.40. The fraction of sp³-hybridized carbons (Fsp3) is 0.133. The maximum Gasteiger partial charge on any atom is 0.225 e. The molecule has 0 aliphatic carbocycles. The van der Waals surface area contributed by atoms with Crippen molar-refractivity contribution in [2.75, 3.05) is 11.9 Å². The molecule has 0 unspecified atom stereocenters. The Morgan fingerprint density at radius 1 is 1.33 bits per heavy atom. The molecule has 1 aliphatic rings. The van der Waals surface area contributed by atoms with Gasteiger partial charge in [-0.05, 0) is 24.3 Å². The second-order valence-corrected chi connectivity index (χ2v) is 5.81. The molecule has 3 aromatic rings. The molecule has 0 radical (unpaired) electrons. The summed E-state index contributed by atoms with van der Waals surface area (Å²) in [6, 6.07) is 3.79. The van der Waals surface area contributed by atoms with E-state index in [1.54, 1.807) is 17.0 Å². The van der Waals surface area contributed by atoms with Crippen LogP contribution < -0.4 is 16.4 Å². The molecule has 0 amide bonds. The molecule has 0 fully saturated rings. The Morgan fingerprint density at radius 3 is 3.00 bits per heavy atom. The number of aromatic amines is 1. The number of H-pyrrole nitrogens is 1. The number of rotatable bonds is 3. The minimum atomic E-state index is 0.583. The van der Waals surface area contributed by atoms with Crippen LogP contribution in [0.15, 0.2) is 36.3 Å². The van der Waals surface area contributed by atoms with Crippen molar-refractivity contribution in [3.8, 4) is 0 Å². The van der Waals surface area contributed by atoms with Crippen LogP contribution in [-0.4, -0.2) is 31.5 Å². The molecule has 24 heavy (non-hydrogen) atoms. The number of nitrogens with one attached hydrogen (secondary N) is 3. The third-order valence-electron chi connectivity index (χ3n) is 3.80. The number of hydrogen-bond donors (Lipinski definition) is 4. The summed E-state index contributed by atoms with van der Waals surface area (Å²) >= 11 is 6.43. The number of nitrogens with zero attached hydrogens (tertiary/aromatic N) is 4. The summed E-state index contributed by atoms with van der Waals surface area (Å²) in [7, 11) is 1.82. The predicted molar refractivity (Wildman–Crippen MR) is 93.6 cm³/mol. The molecule has 0 spiro atoms. The van der Waals surface area contributed by atoms with E-state index in [0.29, 0.717) is 29.2 Å². The maximum atomic E-state index is 6.43. The third-order valence-corrected chi connectivity index (χ3v) is 4.21. The van der Waals surface area contributed by atoms with Crippen LogP contribution in [0.3, 0.4) is 0 Å². The second-order valence-electron chi connectivity index (χ2n) is 5.43. The smallest absolute Gasteiger partial charge is 0.225 e. The minimum Gasteiger partial charge on any atom is -0.386 e. The van der Waals surface area contributed by atoms with Crippen LogP contribution in [-0.2, 0) is 7.05 Å². The lowest BCUT2D eigenvalue weighted by atomic mass is 10.2. The van der Waals surface area contributed by atoms with E-state index in [4.69, 9.17) is 17.3 Å². The highest BCUT2D eigenvalue weighted by molar-refractivity contribution is 6.38. The van der Waals surface area contributed by atoms with Crippen molar-refractivity contribution >= 4 is 39.7 Å². The molecule has 8 nitrogen and oxygen atoms in total. The third kappa shape index (κ3) is 2.46. The molecule has 3 heterocycles. The van der Waals surface area contributed by atoms with Gasteiger partial charge in [0.1, 0.15) is 0 Å². The number of benzene rings is 1. The van der Waals surface area contributed by atoms with Crippen molar-refractivity contribution in [2.24, 2.45) is 12.8 Å². The van der Waals surface area contributed by atoms with Gasteiger partial charge in [-0.2, -0.15) is 10.1 Å². The average molecular weight is 343 g/mol. The number of fused-ring (bicyclic) bond motifs is 1. The van der Waals surface area contributed by atoms with Gasteiger partial charge in [-0.1, -0.05) is 11.6 Å². The molecule has 0 saturated carbocycles. The van der Waals surface area contributed by atoms with Crippen molar-refractivity contribution in [1.29, 1.82) is 0 Å². The molecule has 4 rings (SSSR count). The van der Waals surface area contributed by atoms with Crippen LogP contribution >= 0.6 is 11.6 Å². The van der Waals surface area contributed by atoms with E-state index in [1.165, 1.54) is 0 Å². The Balaban J connectivity index is 1.66. The van der Waals surface area contributed by atoms with Crippen molar-refractivity contribution in [3.63, 3.8) is 0 Å². The van der Waals surface area contributed by atoms with Crippen molar-refractivity contribution in [1.82, 2.24) is 30.3 Å². The van der Waals surface area contributed by atoms with E-state index in [-0.39, 0.29) is 0 Å². The average Bonchev–Trinajstić information content (AvgIpc) is 3.18. The maximum absolute atomic E-state index is 6.43. The van der Waals surface area contributed by atoms with Crippen LogP contribution in [0.1, 0.15) is 5.82 Å². The Labute approximate surface area is 142 Å². The van der Waals surface area contributed by atoms with E-state index < -0.39 is 0 Å². The molecule has 0 bridgehead atoms. The highest BCUT2D eigenvalue weighted by Gasteiger charge is 2.15. The van der Waals surface area contributed by atoms with Crippen LogP contribution in [0.5, 0.6) is 0 Å². The first-order valence-electron chi connectivity index (χ1n) is 7.32. The fourth-order valence-electron chi connectivity index (χ4n) is 2.49. The van der Waals surface area contributed by atoms with Gasteiger partial charge in [-0.25, -0.2) is 4.68 Å². The van der Waals surface area contributed by atoms with Crippen LogP contribution in [0.2, 0.25) is 5.02 Å². The summed E-state index contributed by atoms with van der Waals surface area (Å²) in [6.45, 7) is 0.591. The Kier molecular flexibility index (Phi) is 3.39. The predicted octanol–water partition coefficient (Wildman–Crippen LogP) is 1.88. The SMILES string of the molecule is Cn1nc(C2=CC=C(N)NC2)nc1Nc1ccc2[nH]ncc2c1Cl. The van der Waals surface area contributed by atoms with Gasteiger partial charge in [0.15, 0.2) is 5.82 Å². The summed E-state index contributed by atoms with van der Waals surface area (Å²) in [4.78, 5) is 4.54. The Hall–Kier alpha value is -3.00. The molecule has 122 valence electrons. The summed E-state index contributed by atoms with van der Waals surface area (Å²) < 4.78 is 1.67. The number of halogens is 1. The molecule has 5 N–H and O–H groups in total. The van der Waals surface area contributed by atoms with Crippen molar-refractivity contribution < 1.29 is 0 Å². The number of aryl methyl sites for hydroxylation is 1. The molecule has 1 aliphatic heterocycles. The monoisotopic (exact) mass is 342 g/mol. The van der Waals surface area contributed by atoms with Gasteiger partial charge >= 0.3 is 0 Å². The number of hydrogen-bond acceptors (Lipinski definition) is 6. The summed E-state index contributed by atoms with van der Waals surface area (Å²) in [5, 5.41) is 19.0. The van der Waals surface area contributed by atoms with Gasteiger partial charge in [0.2, 0.25) is 5.95 Å². The number of nitrogens with two attached hydrogens (primary N) is 1. The highest BCUT2D eigenvalue weighted by Crippen LogP contribution is 2.31. The van der Waals surface area contributed by atoms with Crippen LogP contribution in [0, 0.1) is 0 Å². The van der Waals surface area contributed by atoms with Crippen LogP contribution in [0.4, 0.5) is 11.6 Å². The quantitative estimate of drug-likeness (QED) is 0.578. The first-order chi connectivity index (χ1) is 11.6. The lowest BCUT2D eigenvalue weighted by Crippen LogP contribution is -2.24. The van der Waals surface area contributed by atoms with Gasteiger partial charge in [-0.15, -0.1) is 5.10 Å². The fourth-order valence-corrected chi connectivity index (χ4v) is 2.75. The van der Waals surface area contributed by atoms with Crippen LogP contribution in [0.25, 0.3) is 16.5 Å². The Morgan fingerprint density at radius 2 is 2.21 bits per heavy atom. The van der Waals surface area contributed by atoms with Gasteiger partial charge in [-0.3, -0.25) is 5.10 Å². The lowest BCUT2D eigenvalue weighted by molar-refractivity contribution is 0.767. The van der Waals surface area contributed by atoms with Gasteiger partial charge < -0.3 is 16.4 Å². The van der Waals surface area contributed by atoms with E-state index in [9.17, 15) is 0 Å². The number of allylic oxidation sites excluding steroid dienone is 2. The first kappa shape index (κ1) is 14.6. The zero-order valence-electron chi connectivity index (χ0n) is 12.8. The molecule has 9 heteroatoms. The van der Waals surface area contributed by atoms with E-state index in [0.717, 1.165) is 22.2 Å². The van der Waals surface area contributed by atoms with Gasteiger partial charge in [0.05, 0.1) is 28.2 Å². The summed E-state index contributed by atoms with van der Waals surface area (Å²) in [5.74, 6) is 1.86. The van der Waals surface area contributed by atoms with E-state index >= 15 is 0 Å². The largest absolute Gasteiger partial charge is 0.386 e. The number of aromatic nitrogens is 5. The van der Waals surface area contributed by atoms with Crippen molar-refractivity contribution in [2.45, 2.75) is 0 Å². The number of anilines is 2. The highest BCUT2D eigenvalue weighted by atomic mass is 35.5. The molecular weight excluding hydrogens is 328 g/mol. The summed E-state index contributed by atoms with van der Waals surface area (Å²) in [5.41, 5.74) is 8.28. The minimum absolute atomic E-state index is 0.583. The molecule has 2 aromatic heterocycles. The molecule has 0 atom stereocenters. The van der Waals surface area contributed by atoms with E-state index in [2.05, 4.69) is 30.9 Å². The molecular formula is C15H15ClN8. The standard InChI is InChI=1S/C15H15ClN8/c1-24-15(21-14(23-24)8-2-5-12(17)18-6-8)20-11-4-3-10-9(13(11)16)7-19-22-10/h2-5,7,18H,6,17H2,1H3,(H,19,22)(H,20,21,23). The molecule has 0 saturated heterocycles. The topological polar surface area (TPSA) is 109 Å². The molecule has 1 aromatic carbocycles. The van der Waals surface area contributed by atoms with E-state index in [1.807, 2.05) is 25.3 Å². The number of dihydropyridines is 1.